The highest BCUT2D eigenvalue weighted by Gasteiger charge is 2.31. The van der Waals surface area contributed by atoms with Gasteiger partial charge in [0.2, 0.25) is 5.91 Å². The maximum Gasteiger partial charge on any atom is 0.229 e. The summed E-state index contributed by atoms with van der Waals surface area (Å²) in [7, 11) is -2.99. The van der Waals surface area contributed by atoms with Gasteiger partial charge in [0.25, 0.3) is 0 Å². The molecule has 0 bridgehead atoms. The molecule has 1 aliphatic rings. The lowest BCUT2D eigenvalue weighted by atomic mass is 10.1. The molecule has 1 fully saturated rings. The molecule has 1 atom stereocenters. The monoisotopic (exact) mass is 391 g/mol. The Morgan fingerprint density at radius 2 is 2.07 bits per heavy atom. The van der Waals surface area contributed by atoms with Gasteiger partial charge in [-0.2, -0.15) is 5.10 Å². The molecule has 8 heteroatoms. The zero-order valence-electron chi connectivity index (χ0n) is 15.9. The van der Waals surface area contributed by atoms with Crippen LogP contribution in [0.15, 0.2) is 24.3 Å². The molecular weight excluding hydrogens is 366 g/mol. The van der Waals surface area contributed by atoms with Gasteiger partial charge in [-0.3, -0.25) is 9.48 Å². The number of rotatable bonds is 6. The van der Waals surface area contributed by atoms with Crippen LogP contribution in [0.1, 0.15) is 36.3 Å². The molecule has 0 saturated carbocycles. The van der Waals surface area contributed by atoms with Gasteiger partial charge in [-0.1, -0.05) is 12.1 Å². The molecule has 1 unspecified atom stereocenters. The number of hydrogen-bond donors (Lipinski definition) is 1. The van der Waals surface area contributed by atoms with Gasteiger partial charge in [0.15, 0.2) is 9.84 Å². The first kappa shape index (κ1) is 19.4. The SMILES string of the molecule is CCOc1ccccc1NC(=O)Cc1c(C)nn(C2CCS(=O)(=O)C2)c1C. The molecule has 0 radical (unpaired) electrons. The lowest BCUT2D eigenvalue weighted by molar-refractivity contribution is -0.115. The lowest BCUT2D eigenvalue weighted by Gasteiger charge is -2.12. The predicted molar refractivity (Wildman–Crippen MR) is 104 cm³/mol. The van der Waals surface area contributed by atoms with E-state index in [1.807, 2.05) is 39.0 Å². The van der Waals surface area contributed by atoms with E-state index in [-0.39, 0.29) is 29.9 Å². The van der Waals surface area contributed by atoms with Crippen LogP contribution in [-0.4, -0.2) is 42.2 Å². The van der Waals surface area contributed by atoms with Crippen molar-refractivity contribution < 1.29 is 17.9 Å². The zero-order valence-corrected chi connectivity index (χ0v) is 16.7. The molecule has 1 N–H and O–H groups in total. The number of benzene rings is 1. The van der Waals surface area contributed by atoms with E-state index in [0.717, 1.165) is 17.0 Å². The second-order valence-electron chi connectivity index (χ2n) is 6.80. The Morgan fingerprint density at radius 1 is 1.33 bits per heavy atom. The number of hydrogen-bond acceptors (Lipinski definition) is 5. The van der Waals surface area contributed by atoms with Crippen LogP contribution >= 0.6 is 0 Å². The number of ether oxygens (including phenoxy) is 1. The first-order chi connectivity index (χ1) is 12.8. The zero-order chi connectivity index (χ0) is 19.6. The number of para-hydroxylation sites is 2. The Bertz CT molecular complexity index is 950. The third kappa shape index (κ3) is 4.32. The summed E-state index contributed by atoms with van der Waals surface area (Å²) in [6.45, 7) is 6.15. The fourth-order valence-electron chi connectivity index (χ4n) is 3.48. The minimum atomic E-state index is -2.99. The number of aromatic nitrogens is 2. The molecule has 0 spiro atoms. The van der Waals surface area contributed by atoms with Crippen molar-refractivity contribution in [2.45, 2.75) is 39.7 Å². The van der Waals surface area contributed by atoms with Crippen LogP contribution in [0.5, 0.6) is 5.75 Å². The first-order valence-corrected chi connectivity index (χ1v) is 10.9. The van der Waals surface area contributed by atoms with Crippen molar-refractivity contribution in [1.82, 2.24) is 9.78 Å². The smallest absolute Gasteiger partial charge is 0.229 e. The predicted octanol–water partition coefficient (Wildman–Crippen LogP) is 2.44. The van der Waals surface area contributed by atoms with Gasteiger partial charge in [0, 0.05) is 11.3 Å². The second-order valence-corrected chi connectivity index (χ2v) is 9.03. The standard InChI is InChI=1S/C19H25N3O4S/c1-4-26-18-8-6-5-7-17(18)20-19(23)11-16-13(2)21-22(14(16)3)15-9-10-27(24,25)12-15/h5-8,15H,4,9-12H2,1-3H3,(H,20,23). The summed E-state index contributed by atoms with van der Waals surface area (Å²) >= 11 is 0. The summed E-state index contributed by atoms with van der Waals surface area (Å²) in [4.78, 5) is 12.6. The Hall–Kier alpha value is -2.35. The number of nitrogens with zero attached hydrogens (tertiary/aromatic N) is 2. The van der Waals surface area contributed by atoms with Crippen molar-refractivity contribution in [2.24, 2.45) is 0 Å². The van der Waals surface area contributed by atoms with Crippen LogP contribution in [0.25, 0.3) is 0 Å². The van der Waals surface area contributed by atoms with Crippen LogP contribution in [-0.2, 0) is 21.1 Å². The number of nitrogens with one attached hydrogen (secondary N) is 1. The minimum Gasteiger partial charge on any atom is -0.492 e. The number of carbonyl (C=O) groups excluding carboxylic acids is 1. The van der Waals surface area contributed by atoms with Crippen LogP contribution in [0.3, 0.4) is 0 Å². The fourth-order valence-corrected chi connectivity index (χ4v) is 5.17. The lowest BCUT2D eigenvalue weighted by Crippen LogP contribution is -2.17. The average molecular weight is 391 g/mol. The van der Waals surface area contributed by atoms with Gasteiger partial charge in [0.1, 0.15) is 5.75 Å². The van der Waals surface area contributed by atoms with Crippen LogP contribution in [0.4, 0.5) is 5.69 Å². The average Bonchev–Trinajstić information content (AvgIpc) is 3.10. The molecule has 1 amide bonds. The normalized spacial score (nSPS) is 18.4. The quantitative estimate of drug-likeness (QED) is 0.817. The molecule has 146 valence electrons. The highest BCUT2D eigenvalue weighted by Crippen LogP contribution is 2.28. The summed E-state index contributed by atoms with van der Waals surface area (Å²) in [6, 6.07) is 7.16. The van der Waals surface area contributed by atoms with Gasteiger partial charge in [-0.15, -0.1) is 0 Å². The summed E-state index contributed by atoms with van der Waals surface area (Å²) in [6.07, 6.45) is 0.745. The van der Waals surface area contributed by atoms with Crippen molar-refractivity contribution in [1.29, 1.82) is 0 Å². The van der Waals surface area contributed by atoms with Gasteiger partial charge in [0.05, 0.1) is 42.0 Å². The molecular formula is C19H25N3O4S. The molecule has 1 aromatic heterocycles. The first-order valence-electron chi connectivity index (χ1n) is 9.07. The van der Waals surface area contributed by atoms with E-state index in [0.29, 0.717) is 24.5 Å². The molecule has 27 heavy (non-hydrogen) atoms. The van der Waals surface area contributed by atoms with E-state index < -0.39 is 9.84 Å². The highest BCUT2D eigenvalue weighted by atomic mass is 32.2. The minimum absolute atomic E-state index is 0.113. The molecule has 1 saturated heterocycles. The third-order valence-electron chi connectivity index (χ3n) is 4.83. The van der Waals surface area contributed by atoms with E-state index in [9.17, 15) is 13.2 Å². The number of aryl methyl sites for hydroxylation is 1. The van der Waals surface area contributed by atoms with E-state index >= 15 is 0 Å². The number of amides is 1. The highest BCUT2D eigenvalue weighted by molar-refractivity contribution is 7.91. The van der Waals surface area contributed by atoms with Crippen LogP contribution in [0.2, 0.25) is 0 Å². The second kappa shape index (κ2) is 7.72. The van der Waals surface area contributed by atoms with E-state index in [1.54, 1.807) is 10.7 Å². The van der Waals surface area contributed by atoms with Gasteiger partial charge >= 0.3 is 0 Å². The Morgan fingerprint density at radius 3 is 2.74 bits per heavy atom. The van der Waals surface area contributed by atoms with Crippen molar-refractivity contribution in [3.63, 3.8) is 0 Å². The topological polar surface area (TPSA) is 90.3 Å². The molecule has 2 heterocycles. The number of carbonyl (C=O) groups is 1. The maximum atomic E-state index is 12.6. The Kier molecular flexibility index (Phi) is 5.55. The summed E-state index contributed by atoms with van der Waals surface area (Å²) in [5.41, 5.74) is 3.08. The van der Waals surface area contributed by atoms with Gasteiger partial charge in [-0.05, 0) is 39.3 Å². The largest absolute Gasteiger partial charge is 0.492 e. The summed E-state index contributed by atoms with van der Waals surface area (Å²) < 4.78 is 30.8. The molecule has 2 aromatic rings. The number of anilines is 1. The fraction of sp³-hybridized carbons (Fsp3) is 0.474. The molecule has 3 rings (SSSR count). The van der Waals surface area contributed by atoms with Crippen molar-refractivity contribution in [2.75, 3.05) is 23.4 Å². The van der Waals surface area contributed by atoms with E-state index in [1.165, 1.54) is 0 Å². The van der Waals surface area contributed by atoms with E-state index in [4.69, 9.17) is 4.74 Å². The number of sulfone groups is 1. The van der Waals surface area contributed by atoms with Crippen molar-refractivity contribution >= 4 is 21.4 Å². The Labute approximate surface area is 159 Å². The molecule has 0 aliphatic carbocycles. The Balaban J connectivity index is 1.75. The molecule has 1 aromatic carbocycles. The van der Waals surface area contributed by atoms with Gasteiger partial charge < -0.3 is 10.1 Å². The van der Waals surface area contributed by atoms with Crippen molar-refractivity contribution in [3.8, 4) is 5.75 Å². The van der Waals surface area contributed by atoms with E-state index in [2.05, 4.69) is 10.4 Å². The van der Waals surface area contributed by atoms with Crippen LogP contribution < -0.4 is 10.1 Å². The third-order valence-corrected chi connectivity index (χ3v) is 6.58. The van der Waals surface area contributed by atoms with Crippen LogP contribution in [0, 0.1) is 13.8 Å². The van der Waals surface area contributed by atoms with Gasteiger partial charge in [-0.25, -0.2) is 8.42 Å². The summed E-state index contributed by atoms with van der Waals surface area (Å²) in [5.74, 6) is 0.781. The maximum absolute atomic E-state index is 12.6. The van der Waals surface area contributed by atoms with Crippen molar-refractivity contribution in [3.05, 3.63) is 41.2 Å². The molecule has 1 aliphatic heterocycles. The molecule has 7 nitrogen and oxygen atoms in total. The summed E-state index contributed by atoms with van der Waals surface area (Å²) in [5, 5.41) is 7.41.